The van der Waals surface area contributed by atoms with Gasteiger partial charge in [-0.25, -0.2) is 4.79 Å². The van der Waals surface area contributed by atoms with Crippen LogP contribution in [0, 0.1) is 0 Å². The van der Waals surface area contributed by atoms with Crippen LogP contribution in [0.3, 0.4) is 0 Å². The van der Waals surface area contributed by atoms with Crippen LogP contribution >= 0.6 is 0 Å². The molecule has 19 heavy (non-hydrogen) atoms. The average molecular weight is 263 g/mol. The summed E-state index contributed by atoms with van der Waals surface area (Å²) in [4.78, 5) is 16.3. The summed E-state index contributed by atoms with van der Waals surface area (Å²) >= 11 is 0. The Kier molecular flexibility index (Phi) is 4.70. The minimum Gasteiger partial charge on any atom is -0.337 e. The van der Waals surface area contributed by atoms with Gasteiger partial charge in [-0.3, -0.25) is 4.98 Å². The lowest BCUT2D eigenvalue weighted by atomic mass is 9.84. The van der Waals surface area contributed by atoms with Gasteiger partial charge in [0, 0.05) is 19.3 Å². The van der Waals surface area contributed by atoms with Crippen molar-refractivity contribution in [3.8, 4) is 0 Å². The minimum atomic E-state index is -0.384. The van der Waals surface area contributed by atoms with Gasteiger partial charge < -0.3 is 21.7 Å². The molecule has 0 radical (unpaired) electrons. The third kappa shape index (κ3) is 3.42. The maximum Gasteiger partial charge on any atom is 0.315 e. The van der Waals surface area contributed by atoms with Crippen LogP contribution in [0.25, 0.3) is 0 Å². The van der Waals surface area contributed by atoms with Gasteiger partial charge in [0.1, 0.15) is 0 Å². The maximum atomic E-state index is 11.9. The Balaban J connectivity index is 2.13. The van der Waals surface area contributed by atoms with Gasteiger partial charge in [0.2, 0.25) is 0 Å². The van der Waals surface area contributed by atoms with Crippen molar-refractivity contribution in [2.75, 3.05) is 26.2 Å². The van der Waals surface area contributed by atoms with Gasteiger partial charge in [-0.2, -0.15) is 0 Å². The zero-order valence-electron chi connectivity index (χ0n) is 11.0. The summed E-state index contributed by atoms with van der Waals surface area (Å²) < 4.78 is 0. The summed E-state index contributed by atoms with van der Waals surface area (Å²) in [6.45, 7) is 2.65. The van der Waals surface area contributed by atoms with Crippen molar-refractivity contribution >= 4 is 6.03 Å². The van der Waals surface area contributed by atoms with E-state index in [1.807, 2.05) is 18.2 Å². The fourth-order valence-corrected chi connectivity index (χ4v) is 2.39. The molecule has 6 nitrogen and oxygen atoms in total. The second-order valence-corrected chi connectivity index (χ2v) is 4.72. The Morgan fingerprint density at radius 2 is 2.21 bits per heavy atom. The SMILES string of the molecule is NCCNC(=O)NC1(c2ccccn2)CCNCC1. The number of urea groups is 1. The number of nitrogens with two attached hydrogens (primary N) is 1. The van der Waals surface area contributed by atoms with Crippen molar-refractivity contribution in [1.82, 2.24) is 20.9 Å². The quantitative estimate of drug-likeness (QED) is 0.611. The molecule has 1 aromatic heterocycles. The van der Waals surface area contributed by atoms with Crippen molar-refractivity contribution in [2.24, 2.45) is 5.73 Å². The standard InChI is InChI=1S/C13H21N5O/c14-6-10-17-12(19)18-13(4-8-15-9-5-13)11-3-1-2-7-16-11/h1-3,7,15H,4-6,8-10,14H2,(H2,17,18,19). The van der Waals surface area contributed by atoms with E-state index in [1.165, 1.54) is 0 Å². The number of amides is 2. The molecule has 2 heterocycles. The largest absolute Gasteiger partial charge is 0.337 e. The van der Waals surface area contributed by atoms with Crippen molar-refractivity contribution in [2.45, 2.75) is 18.4 Å². The average Bonchev–Trinajstić information content (AvgIpc) is 2.47. The van der Waals surface area contributed by atoms with Crippen LogP contribution in [-0.4, -0.2) is 37.2 Å². The Bertz CT molecular complexity index is 403. The van der Waals surface area contributed by atoms with E-state index in [0.29, 0.717) is 13.1 Å². The van der Waals surface area contributed by atoms with Gasteiger partial charge >= 0.3 is 6.03 Å². The lowest BCUT2D eigenvalue weighted by Gasteiger charge is -2.37. The number of rotatable bonds is 4. The summed E-state index contributed by atoms with van der Waals surface area (Å²) in [6.07, 6.45) is 3.43. The highest BCUT2D eigenvalue weighted by atomic mass is 16.2. The van der Waals surface area contributed by atoms with Gasteiger partial charge in [0.25, 0.3) is 0 Å². The van der Waals surface area contributed by atoms with Gasteiger partial charge in [-0.15, -0.1) is 0 Å². The molecule has 0 aliphatic carbocycles. The molecule has 6 heteroatoms. The highest BCUT2D eigenvalue weighted by molar-refractivity contribution is 5.75. The minimum absolute atomic E-state index is 0.182. The lowest BCUT2D eigenvalue weighted by Crippen LogP contribution is -2.55. The smallest absolute Gasteiger partial charge is 0.315 e. The second kappa shape index (κ2) is 6.49. The first-order chi connectivity index (χ1) is 9.27. The van der Waals surface area contributed by atoms with E-state index in [4.69, 9.17) is 5.73 Å². The lowest BCUT2D eigenvalue weighted by molar-refractivity contribution is 0.205. The van der Waals surface area contributed by atoms with Crippen LogP contribution in [0.4, 0.5) is 4.79 Å². The molecule has 1 aliphatic rings. The molecule has 0 atom stereocenters. The summed E-state index contributed by atoms with van der Waals surface area (Å²) in [5.74, 6) is 0. The molecule has 5 N–H and O–H groups in total. The summed E-state index contributed by atoms with van der Waals surface area (Å²) in [7, 11) is 0. The number of hydrogen-bond acceptors (Lipinski definition) is 4. The predicted molar refractivity (Wildman–Crippen MR) is 73.6 cm³/mol. The first-order valence-electron chi connectivity index (χ1n) is 6.65. The fraction of sp³-hybridized carbons (Fsp3) is 0.538. The zero-order valence-corrected chi connectivity index (χ0v) is 11.0. The summed E-state index contributed by atoms with van der Waals surface area (Å²) in [5, 5.41) is 9.13. The van der Waals surface area contributed by atoms with E-state index in [1.54, 1.807) is 6.20 Å². The van der Waals surface area contributed by atoms with Crippen LogP contribution in [0.5, 0.6) is 0 Å². The first-order valence-corrected chi connectivity index (χ1v) is 6.65. The molecule has 0 saturated carbocycles. The van der Waals surface area contributed by atoms with Crippen LogP contribution in [0.15, 0.2) is 24.4 Å². The van der Waals surface area contributed by atoms with E-state index in [-0.39, 0.29) is 11.6 Å². The molecular weight excluding hydrogens is 242 g/mol. The third-order valence-corrected chi connectivity index (χ3v) is 3.40. The van der Waals surface area contributed by atoms with Crippen molar-refractivity contribution < 1.29 is 4.79 Å². The molecule has 104 valence electrons. The Labute approximate surface area is 113 Å². The topological polar surface area (TPSA) is 92.1 Å². The first kappa shape index (κ1) is 13.8. The van der Waals surface area contributed by atoms with Crippen LogP contribution in [0.2, 0.25) is 0 Å². The van der Waals surface area contributed by atoms with E-state index >= 15 is 0 Å². The van der Waals surface area contributed by atoms with E-state index in [0.717, 1.165) is 31.6 Å². The number of nitrogens with one attached hydrogen (secondary N) is 3. The summed E-state index contributed by atoms with van der Waals surface area (Å²) in [5.41, 5.74) is 5.92. The van der Waals surface area contributed by atoms with Gasteiger partial charge in [-0.05, 0) is 38.1 Å². The third-order valence-electron chi connectivity index (χ3n) is 3.40. The molecule has 0 bridgehead atoms. The number of carbonyl (C=O) groups is 1. The highest BCUT2D eigenvalue weighted by Crippen LogP contribution is 2.28. The van der Waals surface area contributed by atoms with Crippen LogP contribution in [0.1, 0.15) is 18.5 Å². The van der Waals surface area contributed by atoms with E-state index in [9.17, 15) is 4.79 Å². The Morgan fingerprint density at radius 3 is 2.84 bits per heavy atom. The van der Waals surface area contributed by atoms with Gasteiger partial charge in [0.15, 0.2) is 0 Å². The molecule has 0 unspecified atom stereocenters. The molecule has 0 aromatic carbocycles. The summed E-state index contributed by atoms with van der Waals surface area (Å²) in [6, 6.07) is 5.62. The van der Waals surface area contributed by atoms with Gasteiger partial charge in [-0.1, -0.05) is 6.07 Å². The maximum absolute atomic E-state index is 11.9. The molecule has 1 saturated heterocycles. The van der Waals surface area contributed by atoms with E-state index < -0.39 is 0 Å². The molecule has 2 rings (SSSR count). The van der Waals surface area contributed by atoms with Crippen LogP contribution < -0.4 is 21.7 Å². The fourth-order valence-electron chi connectivity index (χ4n) is 2.39. The van der Waals surface area contributed by atoms with Crippen molar-refractivity contribution in [3.63, 3.8) is 0 Å². The monoisotopic (exact) mass is 263 g/mol. The van der Waals surface area contributed by atoms with Crippen molar-refractivity contribution in [1.29, 1.82) is 0 Å². The van der Waals surface area contributed by atoms with E-state index in [2.05, 4.69) is 20.9 Å². The number of nitrogens with zero attached hydrogens (tertiary/aromatic N) is 1. The van der Waals surface area contributed by atoms with Gasteiger partial charge in [0.05, 0.1) is 11.2 Å². The molecule has 2 amide bonds. The molecular formula is C13H21N5O. The van der Waals surface area contributed by atoms with Crippen LogP contribution in [-0.2, 0) is 5.54 Å². The molecule has 0 spiro atoms. The Morgan fingerprint density at radius 1 is 1.42 bits per heavy atom. The van der Waals surface area contributed by atoms with Crippen molar-refractivity contribution in [3.05, 3.63) is 30.1 Å². The molecule has 1 fully saturated rings. The number of pyridine rings is 1. The number of carbonyl (C=O) groups excluding carboxylic acids is 1. The number of hydrogen-bond donors (Lipinski definition) is 4. The Hall–Kier alpha value is -1.66. The normalized spacial score (nSPS) is 17.7. The number of aromatic nitrogens is 1. The molecule has 1 aromatic rings. The predicted octanol–water partition coefficient (Wildman–Crippen LogP) is -0.0818. The highest BCUT2D eigenvalue weighted by Gasteiger charge is 2.36. The second-order valence-electron chi connectivity index (χ2n) is 4.72. The number of piperidine rings is 1. The molecule has 1 aliphatic heterocycles. The zero-order chi connectivity index (χ0) is 13.6.